The summed E-state index contributed by atoms with van der Waals surface area (Å²) in [5.74, 6) is -0.394. The van der Waals surface area contributed by atoms with Crippen molar-refractivity contribution in [2.24, 2.45) is 16.8 Å². The van der Waals surface area contributed by atoms with Crippen molar-refractivity contribution < 1.29 is 10.0 Å². The van der Waals surface area contributed by atoms with Gasteiger partial charge in [-0.05, 0) is 30.7 Å². The topological polar surface area (TPSA) is 87.7 Å². The zero-order valence-corrected chi connectivity index (χ0v) is 11.0. The average Bonchev–Trinajstić information content (AvgIpc) is 2.33. The van der Waals surface area contributed by atoms with E-state index in [1.807, 2.05) is 6.92 Å². The molecule has 4 N–H and O–H groups in total. The van der Waals surface area contributed by atoms with Crippen LogP contribution in [0.3, 0.4) is 0 Å². The first-order valence-electron chi connectivity index (χ1n) is 5.47. The highest BCUT2D eigenvalue weighted by Gasteiger charge is 2.11. The smallest absolute Gasteiger partial charge is 0.251 e. The second-order valence-electron chi connectivity index (χ2n) is 4.15. The fourth-order valence-electron chi connectivity index (χ4n) is 1.42. The monoisotopic (exact) mass is 269 g/mol. The number of oxime groups is 1. The van der Waals surface area contributed by atoms with Gasteiger partial charge in [0.25, 0.3) is 5.91 Å². The lowest BCUT2D eigenvalue weighted by Gasteiger charge is -2.11. The summed E-state index contributed by atoms with van der Waals surface area (Å²) in [4.78, 5) is 11.9. The van der Waals surface area contributed by atoms with Gasteiger partial charge in [0.05, 0.1) is 0 Å². The van der Waals surface area contributed by atoms with E-state index in [-0.39, 0.29) is 17.7 Å². The molecule has 0 aromatic heterocycles. The summed E-state index contributed by atoms with van der Waals surface area (Å²) >= 11 is 5.88. The van der Waals surface area contributed by atoms with Crippen molar-refractivity contribution in [3.05, 3.63) is 34.3 Å². The number of carbonyl (C=O) groups is 1. The molecule has 1 unspecified atom stereocenters. The predicted octanol–water partition coefficient (Wildman–Crippen LogP) is 1.76. The van der Waals surface area contributed by atoms with Crippen molar-refractivity contribution in [2.75, 3.05) is 6.54 Å². The highest BCUT2D eigenvalue weighted by Crippen LogP contribution is 2.14. The Bertz CT molecular complexity index is 454. The first kappa shape index (κ1) is 14.3. The fraction of sp³-hybridized carbons (Fsp3) is 0.333. The van der Waals surface area contributed by atoms with Crippen LogP contribution in [0.15, 0.2) is 23.4 Å². The maximum atomic E-state index is 11.9. The van der Waals surface area contributed by atoms with Gasteiger partial charge in [-0.1, -0.05) is 23.7 Å². The van der Waals surface area contributed by atoms with Crippen LogP contribution in [0.1, 0.15) is 22.8 Å². The largest absolute Gasteiger partial charge is 0.409 e. The Morgan fingerprint density at radius 1 is 1.56 bits per heavy atom. The van der Waals surface area contributed by atoms with Crippen molar-refractivity contribution in [3.63, 3.8) is 0 Å². The van der Waals surface area contributed by atoms with Crippen molar-refractivity contribution in [3.8, 4) is 0 Å². The van der Waals surface area contributed by atoms with Gasteiger partial charge < -0.3 is 16.3 Å². The van der Waals surface area contributed by atoms with Gasteiger partial charge in [-0.2, -0.15) is 0 Å². The molecule has 0 radical (unpaired) electrons. The van der Waals surface area contributed by atoms with Crippen LogP contribution in [-0.4, -0.2) is 23.5 Å². The third kappa shape index (κ3) is 3.92. The summed E-state index contributed by atoms with van der Waals surface area (Å²) in [5, 5.41) is 14.6. The zero-order valence-electron chi connectivity index (χ0n) is 10.3. The molecule has 1 aromatic carbocycles. The molecule has 0 spiro atoms. The number of rotatable bonds is 4. The molecular weight excluding hydrogens is 254 g/mol. The van der Waals surface area contributed by atoms with E-state index < -0.39 is 0 Å². The Kier molecular flexibility index (Phi) is 4.97. The Balaban J connectivity index is 2.66. The summed E-state index contributed by atoms with van der Waals surface area (Å²) in [7, 11) is 0. The molecule has 0 heterocycles. The molecule has 0 bridgehead atoms. The number of halogens is 1. The lowest BCUT2D eigenvalue weighted by atomic mass is 10.1. The van der Waals surface area contributed by atoms with E-state index in [0.29, 0.717) is 17.1 Å². The second kappa shape index (κ2) is 6.26. The van der Waals surface area contributed by atoms with Gasteiger partial charge >= 0.3 is 0 Å². The number of amidine groups is 1. The molecule has 98 valence electrons. The van der Waals surface area contributed by atoms with Crippen LogP contribution in [0.4, 0.5) is 0 Å². The van der Waals surface area contributed by atoms with Crippen molar-refractivity contribution in [1.29, 1.82) is 0 Å². The molecule has 1 atom stereocenters. The van der Waals surface area contributed by atoms with E-state index >= 15 is 0 Å². The van der Waals surface area contributed by atoms with Crippen LogP contribution in [0.25, 0.3) is 0 Å². The predicted molar refractivity (Wildman–Crippen MR) is 71.1 cm³/mol. The lowest BCUT2D eigenvalue weighted by molar-refractivity contribution is 0.0951. The van der Waals surface area contributed by atoms with Crippen LogP contribution in [0.2, 0.25) is 5.02 Å². The summed E-state index contributed by atoms with van der Waals surface area (Å²) in [6, 6.07) is 5.12. The minimum absolute atomic E-state index is 0.0811. The van der Waals surface area contributed by atoms with Crippen LogP contribution in [0, 0.1) is 12.8 Å². The number of amides is 1. The minimum Gasteiger partial charge on any atom is -0.409 e. The molecule has 5 nitrogen and oxygen atoms in total. The first-order chi connectivity index (χ1) is 8.43. The van der Waals surface area contributed by atoms with Crippen LogP contribution in [0.5, 0.6) is 0 Å². The van der Waals surface area contributed by atoms with Gasteiger partial charge in [0.1, 0.15) is 5.84 Å². The maximum Gasteiger partial charge on any atom is 0.251 e. The van der Waals surface area contributed by atoms with E-state index in [1.165, 1.54) is 0 Å². The number of carbonyl (C=O) groups excluding carboxylic acids is 1. The van der Waals surface area contributed by atoms with E-state index in [1.54, 1.807) is 25.1 Å². The number of hydrogen-bond acceptors (Lipinski definition) is 3. The molecular formula is C12H16ClN3O2. The molecule has 0 fully saturated rings. The third-order valence-electron chi connectivity index (χ3n) is 2.49. The van der Waals surface area contributed by atoms with E-state index in [2.05, 4.69) is 10.5 Å². The normalized spacial score (nSPS) is 13.2. The SMILES string of the molecule is Cc1cc(Cl)cc(C(=O)NCC(C)/C(N)=N/O)c1. The molecule has 0 aliphatic heterocycles. The molecule has 0 saturated heterocycles. The van der Waals surface area contributed by atoms with Gasteiger partial charge in [-0.25, -0.2) is 0 Å². The van der Waals surface area contributed by atoms with Gasteiger partial charge in [0, 0.05) is 23.0 Å². The Morgan fingerprint density at radius 3 is 2.78 bits per heavy atom. The highest BCUT2D eigenvalue weighted by atomic mass is 35.5. The molecule has 1 rings (SSSR count). The van der Waals surface area contributed by atoms with Crippen molar-refractivity contribution in [2.45, 2.75) is 13.8 Å². The van der Waals surface area contributed by atoms with E-state index in [0.717, 1.165) is 5.56 Å². The van der Waals surface area contributed by atoms with E-state index in [9.17, 15) is 4.79 Å². The number of benzene rings is 1. The van der Waals surface area contributed by atoms with Crippen molar-refractivity contribution >= 4 is 23.3 Å². The van der Waals surface area contributed by atoms with Crippen molar-refractivity contribution in [1.82, 2.24) is 5.32 Å². The Hall–Kier alpha value is -1.75. The molecule has 1 amide bonds. The van der Waals surface area contributed by atoms with Gasteiger partial charge in [-0.15, -0.1) is 0 Å². The van der Waals surface area contributed by atoms with Gasteiger partial charge in [-0.3, -0.25) is 4.79 Å². The minimum atomic E-state index is -0.238. The summed E-state index contributed by atoms with van der Waals surface area (Å²) in [5.41, 5.74) is 6.82. The number of nitrogens with zero attached hydrogens (tertiary/aromatic N) is 1. The number of hydrogen-bond donors (Lipinski definition) is 3. The first-order valence-corrected chi connectivity index (χ1v) is 5.84. The molecule has 0 aliphatic carbocycles. The summed E-state index contributed by atoms with van der Waals surface area (Å²) in [6.07, 6.45) is 0. The summed E-state index contributed by atoms with van der Waals surface area (Å²) in [6.45, 7) is 3.90. The third-order valence-corrected chi connectivity index (χ3v) is 2.71. The molecule has 6 heteroatoms. The fourth-order valence-corrected chi connectivity index (χ4v) is 1.71. The number of nitrogens with two attached hydrogens (primary N) is 1. The molecule has 18 heavy (non-hydrogen) atoms. The molecule has 1 aromatic rings. The number of aryl methyl sites for hydroxylation is 1. The second-order valence-corrected chi connectivity index (χ2v) is 4.59. The maximum absolute atomic E-state index is 11.9. The Labute approximate surface area is 111 Å². The summed E-state index contributed by atoms with van der Waals surface area (Å²) < 4.78 is 0. The number of nitrogens with one attached hydrogen (secondary N) is 1. The molecule has 0 saturated carbocycles. The molecule has 0 aliphatic rings. The van der Waals surface area contributed by atoms with Crippen LogP contribution < -0.4 is 11.1 Å². The van der Waals surface area contributed by atoms with Crippen LogP contribution in [-0.2, 0) is 0 Å². The zero-order chi connectivity index (χ0) is 13.7. The standard InChI is InChI=1S/C12H16ClN3O2/c1-7-3-9(5-10(13)4-7)12(17)15-6-8(2)11(14)16-18/h3-5,8,18H,6H2,1-2H3,(H2,14,16)(H,15,17). The lowest BCUT2D eigenvalue weighted by Crippen LogP contribution is -2.34. The highest BCUT2D eigenvalue weighted by molar-refractivity contribution is 6.31. The Morgan fingerprint density at radius 2 is 2.22 bits per heavy atom. The van der Waals surface area contributed by atoms with Gasteiger partial charge in [0.2, 0.25) is 0 Å². The van der Waals surface area contributed by atoms with E-state index in [4.69, 9.17) is 22.5 Å². The quantitative estimate of drug-likeness (QED) is 0.337. The van der Waals surface area contributed by atoms with Gasteiger partial charge in [0.15, 0.2) is 0 Å². The average molecular weight is 270 g/mol. The van der Waals surface area contributed by atoms with Crippen LogP contribution >= 0.6 is 11.6 Å².